The van der Waals surface area contributed by atoms with Crippen LogP contribution in [0.15, 0.2) is 30.5 Å². The van der Waals surface area contributed by atoms with Crippen LogP contribution in [-0.2, 0) is 6.42 Å². The number of hydrogen-bond donors (Lipinski definition) is 3. The quantitative estimate of drug-likeness (QED) is 0.754. The normalized spacial score (nSPS) is 9.63. The molecule has 102 valence electrons. The van der Waals surface area contributed by atoms with Crippen LogP contribution in [0, 0.1) is 0 Å². The van der Waals surface area contributed by atoms with Gasteiger partial charge in [0, 0.05) is 29.3 Å². The number of hydrogen-bond acceptors (Lipinski definition) is 3. The Bertz CT molecular complexity index is 564. The van der Waals surface area contributed by atoms with Crippen LogP contribution in [0.2, 0.25) is 5.02 Å². The van der Waals surface area contributed by atoms with Gasteiger partial charge in [-0.25, -0.2) is 0 Å². The summed E-state index contributed by atoms with van der Waals surface area (Å²) in [6.45, 7) is 4.00. The number of aromatic nitrogens is 1. The van der Waals surface area contributed by atoms with Crippen LogP contribution in [0.25, 0.3) is 0 Å². The van der Waals surface area contributed by atoms with Crippen LogP contribution < -0.4 is 0 Å². The number of Topliss-reactive ketones (excluding diaryl/α,β-unsaturated/α-hetero) is 1. The van der Waals surface area contributed by atoms with Gasteiger partial charge in [-0.1, -0.05) is 31.5 Å². The van der Waals surface area contributed by atoms with Crippen molar-refractivity contribution in [1.82, 2.24) is 4.98 Å². The van der Waals surface area contributed by atoms with Crippen molar-refractivity contribution in [3.8, 4) is 11.6 Å². The van der Waals surface area contributed by atoms with Crippen LogP contribution in [-0.4, -0.2) is 21.0 Å². The molecule has 0 spiro atoms. The molecule has 5 heteroatoms. The molecule has 0 bridgehead atoms. The summed E-state index contributed by atoms with van der Waals surface area (Å²) in [5.41, 5.74) is 1.03. The van der Waals surface area contributed by atoms with E-state index < -0.39 is 0 Å². The SMILES string of the molecule is CC.O=C(Cc1ccc(O)cc1Cl)c1c[nH]c(O)c1. The highest BCUT2D eigenvalue weighted by molar-refractivity contribution is 6.31. The number of benzene rings is 1. The number of phenols is 1. The lowest BCUT2D eigenvalue weighted by Gasteiger charge is -2.03. The lowest BCUT2D eigenvalue weighted by Crippen LogP contribution is -2.02. The first-order chi connectivity index (χ1) is 9.06. The summed E-state index contributed by atoms with van der Waals surface area (Å²) in [7, 11) is 0. The molecule has 0 saturated carbocycles. The maximum absolute atomic E-state index is 11.8. The summed E-state index contributed by atoms with van der Waals surface area (Å²) in [4.78, 5) is 14.3. The van der Waals surface area contributed by atoms with Gasteiger partial charge in [0.1, 0.15) is 5.75 Å². The van der Waals surface area contributed by atoms with E-state index in [4.69, 9.17) is 16.7 Å². The molecule has 3 N–H and O–H groups in total. The van der Waals surface area contributed by atoms with Crippen molar-refractivity contribution < 1.29 is 15.0 Å². The highest BCUT2D eigenvalue weighted by Crippen LogP contribution is 2.23. The Labute approximate surface area is 116 Å². The average Bonchev–Trinajstić information content (AvgIpc) is 2.82. The molecular weight excluding hydrogens is 266 g/mol. The van der Waals surface area contributed by atoms with Gasteiger partial charge < -0.3 is 15.2 Å². The van der Waals surface area contributed by atoms with Gasteiger partial charge in [-0.15, -0.1) is 0 Å². The Morgan fingerprint density at radius 2 is 1.95 bits per heavy atom. The van der Waals surface area contributed by atoms with Crippen molar-refractivity contribution in [3.63, 3.8) is 0 Å². The fourth-order valence-electron chi connectivity index (χ4n) is 1.50. The highest BCUT2D eigenvalue weighted by atomic mass is 35.5. The highest BCUT2D eigenvalue weighted by Gasteiger charge is 2.11. The minimum Gasteiger partial charge on any atom is -0.508 e. The molecule has 0 unspecified atom stereocenters. The third kappa shape index (κ3) is 4.03. The first-order valence-corrected chi connectivity index (χ1v) is 6.32. The van der Waals surface area contributed by atoms with Crippen LogP contribution in [0.5, 0.6) is 11.6 Å². The lowest BCUT2D eigenvalue weighted by molar-refractivity contribution is 0.0993. The van der Waals surface area contributed by atoms with Crippen LogP contribution in [0.3, 0.4) is 0 Å². The van der Waals surface area contributed by atoms with Crippen LogP contribution >= 0.6 is 11.6 Å². The first kappa shape index (κ1) is 15.1. The van der Waals surface area contributed by atoms with E-state index in [9.17, 15) is 9.90 Å². The van der Waals surface area contributed by atoms with Gasteiger partial charge in [-0.2, -0.15) is 0 Å². The van der Waals surface area contributed by atoms with E-state index in [1.54, 1.807) is 6.07 Å². The number of rotatable bonds is 3. The lowest BCUT2D eigenvalue weighted by atomic mass is 10.1. The smallest absolute Gasteiger partial charge is 0.188 e. The minimum atomic E-state index is -0.158. The van der Waals surface area contributed by atoms with Crippen molar-refractivity contribution >= 4 is 17.4 Å². The molecule has 4 nitrogen and oxygen atoms in total. The van der Waals surface area contributed by atoms with E-state index in [1.165, 1.54) is 24.4 Å². The van der Waals surface area contributed by atoms with Gasteiger partial charge in [0.05, 0.1) is 0 Å². The van der Waals surface area contributed by atoms with E-state index in [1.807, 2.05) is 13.8 Å². The summed E-state index contributed by atoms with van der Waals surface area (Å²) in [5.74, 6) is -0.148. The zero-order valence-corrected chi connectivity index (χ0v) is 11.5. The zero-order chi connectivity index (χ0) is 14.4. The second kappa shape index (κ2) is 6.85. The van der Waals surface area contributed by atoms with Crippen LogP contribution in [0.4, 0.5) is 0 Å². The molecular formula is C14H16ClNO3. The predicted octanol–water partition coefficient (Wildman–Crippen LogP) is 3.53. The standard InChI is InChI=1S/C12H10ClNO3.C2H6/c13-10-5-9(15)2-1-7(10)3-11(16)8-4-12(17)14-6-8;1-2/h1-2,4-6,14-15,17H,3H2;1-2H3. The Morgan fingerprint density at radius 3 is 2.47 bits per heavy atom. The Hall–Kier alpha value is -1.94. The van der Waals surface area contributed by atoms with E-state index in [-0.39, 0.29) is 23.8 Å². The molecule has 0 amide bonds. The molecule has 1 heterocycles. The van der Waals surface area contributed by atoms with Gasteiger partial charge in [0.25, 0.3) is 0 Å². The summed E-state index contributed by atoms with van der Waals surface area (Å²) in [5, 5.41) is 18.6. The van der Waals surface area contributed by atoms with E-state index in [0.29, 0.717) is 16.1 Å². The molecule has 2 aromatic rings. The van der Waals surface area contributed by atoms with Crippen molar-refractivity contribution in [1.29, 1.82) is 0 Å². The average molecular weight is 282 g/mol. The number of aromatic hydroxyl groups is 2. The molecule has 2 rings (SSSR count). The molecule has 1 aromatic carbocycles. The number of nitrogens with one attached hydrogen (secondary N) is 1. The number of ketones is 1. The fourth-order valence-corrected chi connectivity index (χ4v) is 1.74. The predicted molar refractivity (Wildman–Crippen MR) is 75.0 cm³/mol. The van der Waals surface area contributed by atoms with Crippen molar-refractivity contribution in [2.45, 2.75) is 20.3 Å². The number of phenolic OH excluding ortho intramolecular Hbond substituents is 1. The summed E-state index contributed by atoms with van der Waals surface area (Å²) in [6, 6.07) is 5.82. The van der Waals surface area contributed by atoms with E-state index >= 15 is 0 Å². The number of carbonyl (C=O) groups excluding carboxylic acids is 1. The Balaban J connectivity index is 0.000000861. The van der Waals surface area contributed by atoms with Crippen molar-refractivity contribution in [3.05, 3.63) is 46.6 Å². The molecule has 0 radical (unpaired) electrons. The summed E-state index contributed by atoms with van der Waals surface area (Å²) in [6.07, 6.45) is 1.56. The monoisotopic (exact) mass is 281 g/mol. The molecule has 0 saturated heterocycles. The van der Waals surface area contributed by atoms with Gasteiger partial charge in [0.15, 0.2) is 11.7 Å². The second-order valence-electron chi connectivity index (χ2n) is 3.65. The minimum absolute atomic E-state index is 0.0508. The van der Waals surface area contributed by atoms with Gasteiger partial charge in [-0.05, 0) is 17.7 Å². The third-order valence-corrected chi connectivity index (χ3v) is 2.73. The molecule has 0 aliphatic carbocycles. The first-order valence-electron chi connectivity index (χ1n) is 5.94. The maximum Gasteiger partial charge on any atom is 0.188 e. The van der Waals surface area contributed by atoms with Crippen molar-refractivity contribution in [2.75, 3.05) is 0 Å². The molecule has 1 aromatic heterocycles. The maximum atomic E-state index is 11.8. The second-order valence-corrected chi connectivity index (χ2v) is 4.06. The van der Waals surface area contributed by atoms with Gasteiger partial charge >= 0.3 is 0 Å². The number of H-pyrrole nitrogens is 1. The number of halogens is 1. The third-order valence-electron chi connectivity index (χ3n) is 2.38. The Kier molecular flexibility index (Phi) is 5.45. The van der Waals surface area contributed by atoms with Gasteiger partial charge in [-0.3, -0.25) is 4.79 Å². The zero-order valence-electron chi connectivity index (χ0n) is 10.8. The van der Waals surface area contributed by atoms with E-state index in [2.05, 4.69) is 4.98 Å². The molecule has 0 fully saturated rings. The van der Waals surface area contributed by atoms with E-state index in [0.717, 1.165) is 0 Å². The molecule has 0 aliphatic heterocycles. The number of aromatic amines is 1. The molecule has 19 heavy (non-hydrogen) atoms. The largest absolute Gasteiger partial charge is 0.508 e. The summed E-state index contributed by atoms with van der Waals surface area (Å²) < 4.78 is 0. The van der Waals surface area contributed by atoms with Crippen molar-refractivity contribution in [2.24, 2.45) is 0 Å². The van der Waals surface area contributed by atoms with Crippen LogP contribution in [0.1, 0.15) is 29.8 Å². The topological polar surface area (TPSA) is 73.3 Å². The number of carbonyl (C=O) groups is 1. The molecule has 0 atom stereocenters. The fraction of sp³-hybridized carbons (Fsp3) is 0.214. The molecule has 0 aliphatic rings. The van der Waals surface area contributed by atoms with Gasteiger partial charge in [0.2, 0.25) is 0 Å². The summed E-state index contributed by atoms with van der Waals surface area (Å²) >= 11 is 5.90. The Morgan fingerprint density at radius 1 is 1.26 bits per heavy atom.